The molecule has 0 radical (unpaired) electrons. The molecule has 0 N–H and O–H groups in total. The molecule has 3 unspecified atom stereocenters. The topological polar surface area (TPSA) is 38.8 Å². The number of carbonyl (C=O) groups is 1. The summed E-state index contributed by atoms with van der Waals surface area (Å²) in [6, 6.07) is 0. The first-order valence-electron chi connectivity index (χ1n) is 6.56. The minimum atomic E-state index is -0.0959. The van der Waals surface area contributed by atoms with Crippen LogP contribution < -0.4 is 0 Å². The average molecular weight is 242 g/mol. The lowest BCUT2D eigenvalue weighted by molar-refractivity contribution is -0.149. The molecule has 1 rings (SSSR count). The first-order valence-corrected chi connectivity index (χ1v) is 6.56. The van der Waals surface area contributed by atoms with Crippen molar-refractivity contribution in [1.29, 1.82) is 0 Å². The molecule has 1 aliphatic heterocycles. The molecule has 1 fully saturated rings. The molecule has 0 amide bonds. The van der Waals surface area contributed by atoms with Gasteiger partial charge in [0.25, 0.3) is 0 Å². The van der Waals surface area contributed by atoms with Gasteiger partial charge in [-0.2, -0.15) is 0 Å². The fourth-order valence-electron chi connectivity index (χ4n) is 1.82. The van der Waals surface area contributed by atoms with Gasteiger partial charge < -0.3 is 9.47 Å². The van der Waals surface area contributed by atoms with E-state index in [0.29, 0.717) is 12.5 Å². The molecule has 0 aliphatic carbocycles. The van der Waals surface area contributed by atoms with Crippen LogP contribution in [0.5, 0.6) is 0 Å². The van der Waals surface area contributed by atoms with Crippen LogP contribution in [0, 0.1) is 17.3 Å². The zero-order valence-corrected chi connectivity index (χ0v) is 11.9. The smallest absolute Gasteiger partial charge is 0.308 e. The fraction of sp³-hybridized carbons (Fsp3) is 0.929. The van der Waals surface area contributed by atoms with Crippen molar-refractivity contribution in [1.82, 2.24) is 0 Å². The van der Waals surface area contributed by atoms with Crippen LogP contribution in [0.4, 0.5) is 0 Å². The van der Waals surface area contributed by atoms with E-state index in [2.05, 4.69) is 27.7 Å². The van der Waals surface area contributed by atoms with E-state index in [0.717, 1.165) is 6.42 Å². The van der Waals surface area contributed by atoms with Gasteiger partial charge in [0.2, 0.25) is 0 Å². The predicted molar refractivity (Wildman–Crippen MR) is 67.7 cm³/mol. The minimum Gasteiger partial charge on any atom is -0.463 e. The Morgan fingerprint density at radius 1 is 1.35 bits per heavy atom. The average Bonchev–Trinajstić information content (AvgIpc) is 2.90. The van der Waals surface area contributed by atoms with Crippen LogP contribution in [-0.4, -0.2) is 24.8 Å². The molecule has 0 spiro atoms. The molecule has 17 heavy (non-hydrogen) atoms. The van der Waals surface area contributed by atoms with Gasteiger partial charge in [-0.05, 0) is 24.7 Å². The Morgan fingerprint density at radius 3 is 2.29 bits per heavy atom. The van der Waals surface area contributed by atoms with E-state index in [9.17, 15) is 4.79 Å². The molecule has 0 aromatic heterocycles. The maximum absolute atomic E-state index is 11.8. The summed E-state index contributed by atoms with van der Waals surface area (Å²) >= 11 is 0. The van der Waals surface area contributed by atoms with E-state index in [4.69, 9.17) is 9.47 Å². The van der Waals surface area contributed by atoms with Crippen LogP contribution in [0.1, 0.15) is 48.0 Å². The van der Waals surface area contributed by atoms with Gasteiger partial charge in [0.15, 0.2) is 0 Å². The molecule has 0 aromatic carbocycles. The summed E-state index contributed by atoms with van der Waals surface area (Å²) in [5, 5.41) is 0. The Balaban J connectivity index is 2.31. The van der Waals surface area contributed by atoms with Gasteiger partial charge in [-0.3, -0.25) is 4.79 Å². The number of hydrogen-bond donors (Lipinski definition) is 0. The molecule has 100 valence electrons. The second kappa shape index (κ2) is 5.38. The number of esters is 1. The summed E-state index contributed by atoms with van der Waals surface area (Å²) < 4.78 is 10.5. The third kappa shape index (κ3) is 4.30. The third-order valence-electron chi connectivity index (χ3n) is 4.02. The number of ether oxygens (including phenoxy) is 2. The van der Waals surface area contributed by atoms with Gasteiger partial charge in [-0.25, -0.2) is 0 Å². The molecule has 0 aromatic rings. The van der Waals surface area contributed by atoms with Gasteiger partial charge in [0, 0.05) is 0 Å². The van der Waals surface area contributed by atoms with Crippen molar-refractivity contribution in [3.8, 4) is 0 Å². The molecule has 0 saturated carbocycles. The Hall–Kier alpha value is -0.570. The second-order valence-electron chi connectivity index (χ2n) is 6.26. The van der Waals surface area contributed by atoms with Crippen molar-refractivity contribution < 1.29 is 14.3 Å². The van der Waals surface area contributed by atoms with E-state index < -0.39 is 0 Å². The predicted octanol–water partition coefficient (Wildman–Crippen LogP) is 3.03. The maximum Gasteiger partial charge on any atom is 0.308 e. The van der Waals surface area contributed by atoms with Crippen molar-refractivity contribution in [2.45, 2.75) is 60.2 Å². The molecule has 1 heterocycles. The van der Waals surface area contributed by atoms with Crippen molar-refractivity contribution >= 4 is 5.97 Å². The summed E-state index contributed by atoms with van der Waals surface area (Å²) in [6.07, 6.45) is 1.25. The van der Waals surface area contributed by atoms with Gasteiger partial charge in [-0.1, -0.05) is 34.6 Å². The minimum absolute atomic E-state index is 0.0403. The molecule has 0 bridgehead atoms. The first-order chi connectivity index (χ1) is 7.74. The van der Waals surface area contributed by atoms with E-state index in [1.807, 2.05) is 13.8 Å². The van der Waals surface area contributed by atoms with E-state index in [1.165, 1.54) is 0 Å². The lowest BCUT2D eigenvalue weighted by Crippen LogP contribution is -2.27. The highest BCUT2D eigenvalue weighted by Gasteiger charge is 2.36. The molecular formula is C14H26O3. The Bertz CT molecular complexity index is 271. The molecule has 1 aliphatic rings. The standard InChI is InChI=1S/C14H26O3/c1-9(2)14(5,6)7-10(3)13(15)16-8-12-11(4)17-12/h9-12H,7-8H2,1-6H3. The maximum atomic E-state index is 11.8. The van der Waals surface area contributed by atoms with Crippen LogP contribution in [0.15, 0.2) is 0 Å². The van der Waals surface area contributed by atoms with Crippen LogP contribution in [0.3, 0.4) is 0 Å². The van der Waals surface area contributed by atoms with Crippen molar-refractivity contribution in [3.63, 3.8) is 0 Å². The highest BCUT2D eigenvalue weighted by atomic mass is 16.6. The number of hydrogen-bond acceptors (Lipinski definition) is 3. The lowest BCUT2D eigenvalue weighted by Gasteiger charge is -2.31. The summed E-state index contributed by atoms with van der Waals surface area (Å²) in [5.41, 5.74) is 0.168. The van der Waals surface area contributed by atoms with Gasteiger partial charge >= 0.3 is 5.97 Å². The highest BCUT2D eigenvalue weighted by molar-refractivity contribution is 5.72. The molecule has 3 heteroatoms. The zero-order valence-electron chi connectivity index (χ0n) is 11.9. The van der Waals surface area contributed by atoms with Crippen LogP contribution in [0.25, 0.3) is 0 Å². The normalized spacial score (nSPS) is 25.8. The third-order valence-corrected chi connectivity index (χ3v) is 4.02. The second-order valence-corrected chi connectivity index (χ2v) is 6.26. The summed E-state index contributed by atoms with van der Waals surface area (Å²) in [5.74, 6) is 0.424. The van der Waals surface area contributed by atoms with Crippen molar-refractivity contribution in [2.75, 3.05) is 6.61 Å². The van der Waals surface area contributed by atoms with Crippen LogP contribution in [-0.2, 0) is 14.3 Å². The number of epoxide rings is 1. The van der Waals surface area contributed by atoms with Crippen LogP contribution in [0.2, 0.25) is 0 Å². The molecule has 3 atom stereocenters. The van der Waals surface area contributed by atoms with Crippen molar-refractivity contribution in [2.24, 2.45) is 17.3 Å². The van der Waals surface area contributed by atoms with E-state index in [-0.39, 0.29) is 29.5 Å². The summed E-state index contributed by atoms with van der Waals surface area (Å²) in [7, 11) is 0. The van der Waals surface area contributed by atoms with E-state index in [1.54, 1.807) is 0 Å². The molecule has 3 nitrogen and oxygen atoms in total. The van der Waals surface area contributed by atoms with Crippen LogP contribution >= 0.6 is 0 Å². The number of carbonyl (C=O) groups excluding carboxylic acids is 1. The Labute approximate surface area is 105 Å². The Kier molecular flexibility index (Phi) is 4.59. The molecule has 1 saturated heterocycles. The Morgan fingerprint density at radius 2 is 1.88 bits per heavy atom. The largest absolute Gasteiger partial charge is 0.463 e. The van der Waals surface area contributed by atoms with E-state index >= 15 is 0 Å². The molecular weight excluding hydrogens is 216 g/mol. The van der Waals surface area contributed by atoms with Gasteiger partial charge in [0.1, 0.15) is 12.7 Å². The first kappa shape index (κ1) is 14.5. The highest BCUT2D eigenvalue weighted by Crippen LogP contribution is 2.33. The SMILES string of the molecule is CC(CC(C)(C)C(C)C)C(=O)OCC1OC1C. The number of rotatable bonds is 6. The van der Waals surface area contributed by atoms with Crippen molar-refractivity contribution in [3.05, 3.63) is 0 Å². The lowest BCUT2D eigenvalue weighted by atomic mass is 9.75. The van der Waals surface area contributed by atoms with Gasteiger partial charge in [-0.15, -0.1) is 0 Å². The quantitative estimate of drug-likeness (QED) is 0.531. The fourth-order valence-corrected chi connectivity index (χ4v) is 1.82. The zero-order chi connectivity index (χ0) is 13.2. The van der Waals surface area contributed by atoms with Gasteiger partial charge in [0.05, 0.1) is 12.0 Å². The summed E-state index contributed by atoms with van der Waals surface area (Å²) in [4.78, 5) is 11.8. The monoisotopic (exact) mass is 242 g/mol. The summed E-state index contributed by atoms with van der Waals surface area (Å²) in [6.45, 7) is 13.1.